The molecule has 0 spiro atoms. The molecule has 102 valence electrons. The predicted molar refractivity (Wildman–Crippen MR) is 76.3 cm³/mol. The second-order valence-corrected chi connectivity index (χ2v) is 5.37. The molecule has 3 nitrogen and oxygen atoms in total. The Morgan fingerprint density at radius 3 is 2.06 bits per heavy atom. The first-order valence-electron chi connectivity index (χ1n) is 6.46. The van der Waals surface area contributed by atoms with Gasteiger partial charge in [0.2, 0.25) is 0 Å². The maximum atomic E-state index is 5.65. The van der Waals surface area contributed by atoms with Gasteiger partial charge >= 0.3 is 0 Å². The van der Waals surface area contributed by atoms with Crippen LogP contribution in [0.3, 0.4) is 0 Å². The average molecular weight is 261 g/mol. The molecule has 4 heteroatoms. The molecule has 0 saturated heterocycles. The fraction of sp³-hybridized carbons (Fsp3) is 0.923. The van der Waals surface area contributed by atoms with Gasteiger partial charge in [-0.2, -0.15) is 0 Å². The second-order valence-electron chi connectivity index (χ2n) is 4.93. The Morgan fingerprint density at radius 2 is 1.59 bits per heavy atom. The predicted octanol–water partition coefficient (Wildman–Crippen LogP) is 2.91. The quantitative estimate of drug-likeness (QED) is 0.459. The first kappa shape index (κ1) is 16.8. The highest BCUT2D eigenvalue weighted by atomic mass is 32.1. The van der Waals surface area contributed by atoms with Crippen LogP contribution in [-0.2, 0) is 9.47 Å². The molecule has 0 aromatic heterocycles. The number of rotatable bonds is 11. The van der Waals surface area contributed by atoms with E-state index in [1.165, 1.54) is 6.42 Å². The molecule has 0 aliphatic carbocycles. The minimum absolute atomic E-state index is 0.0592. The first-order valence-corrected chi connectivity index (χ1v) is 6.87. The minimum Gasteiger partial charge on any atom is -0.393 e. The van der Waals surface area contributed by atoms with Crippen LogP contribution in [-0.4, -0.2) is 31.4 Å². The van der Waals surface area contributed by atoms with Crippen molar-refractivity contribution in [2.45, 2.75) is 46.5 Å². The summed E-state index contributed by atoms with van der Waals surface area (Å²) in [5, 5.41) is 0. The summed E-state index contributed by atoms with van der Waals surface area (Å²) in [6, 6.07) is 0. The number of hydrogen-bond acceptors (Lipinski definition) is 3. The van der Waals surface area contributed by atoms with E-state index in [9.17, 15) is 0 Å². The molecule has 0 heterocycles. The largest absolute Gasteiger partial charge is 0.393 e. The summed E-state index contributed by atoms with van der Waals surface area (Å²) in [6.07, 6.45) is 4.26. The number of ether oxygens (including phenoxy) is 2. The first-order chi connectivity index (χ1) is 8.00. The summed E-state index contributed by atoms with van der Waals surface area (Å²) >= 11 is 5.01. The van der Waals surface area contributed by atoms with Crippen LogP contribution < -0.4 is 5.73 Å². The van der Waals surface area contributed by atoms with Gasteiger partial charge in [-0.05, 0) is 19.3 Å². The molecular formula is C13H27NO2S. The Bertz CT molecular complexity index is 208. The Morgan fingerprint density at radius 1 is 1.06 bits per heavy atom. The van der Waals surface area contributed by atoms with Crippen molar-refractivity contribution >= 4 is 17.2 Å². The topological polar surface area (TPSA) is 44.5 Å². The standard InChI is InChI=1S/C13H27NO2S/c1-4-5-8-15-10-11-16-9-6-7-13(2,3)12(14)17/h4-11H2,1-3H3,(H2,14,17). The van der Waals surface area contributed by atoms with Crippen LogP contribution in [0.4, 0.5) is 0 Å². The van der Waals surface area contributed by atoms with Gasteiger partial charge in [0.25, 0.3) is 0 Å². The minimum atomic E-state index is -0.0592. The van der Waals surface area contributed by atoms with Gasteiger partial charge in [0.05, 0.1) is 18.2 Å². The maximum absolute atomic E-state index is 5.65. The van der Waals surface area contributed by atoms with Crippen molar-refractivity contribution in [3.05, 3.63) is 0 Å². The van der Waals surface area contributed by atoms with E-state index in [1.807, 2.05) is 0 Å². The molecule has 0 aromatic rings. The highest BCUT2D eigenvalue weighted by Crippen LogP contribution is 2.22. The lowest BCUT2D eigenvalue weighted by molar-refractivity contribution is 0.0441. The van der Waals surface area contributed by atoms with Crippen LogP contribution in [0.5, 0.6) is 0 Å². The average Bonchev–Trinajstić information content (AvgIpc) is 2.26. The normalized spacial score (nSPS) is 11.7. The number of thiocarbonyl (C=S) groups is 1. The van der Waals surface area contributed by atoms with Gasteiger partial charge in [0, 0.05) is 18.6 Å². The molecule has 17 heavy (non-hydrogen) atoms. The second kappa shape index (κ2) is 9.80. The smallest absolute Gasteiger partial charge is 0.0784 e. The van der Waals surface area contributed by atoms with E-state index in [4.69, 9.17) is 27.4 Å². The van der Waals surface area contributed by atoms with Crippen LogP contribution >= 0.6 is 12.2 Å². The van der Waals surface area contributed by atoms with Gasteiger partial charge in [0.15, 0.2) is 0 Å². The molecule has 0 bridgehead atoms. The van der Waals surface area contributed by atoms with Gasteiger partial charge in [-0.3, -0.25) is 0 Å². The van der Waals surface area contributed by atoms with Crippen LogP contribution in [0, 0.1) is 5.41 Å². The fourth-order valence-electron chi connectivity index (χ4n) is 1.31. The van der Waals surface area contributed by atoms with Gasteiger partial charge in [-0.25, -0.2) is 0 Å². The van der Waals surface area contributed by atoms with Crippen LogP contribution in [0.1, 0.15) is 46.5 Å². The van der Waals surface area contributed by atoms with E-state index in [0.717, 1.165) is 32.5 Å². The molecule has 0 fully saturated rings. The zero-order chi connectivity index (χ0) is 13.1. The van der Waals surface area contributed by atoms with Gasteiger partial charge in [-0.1, -0.05) is 39.4 Å². The molecule has 0 saturated carbocycles. The molecule has 0 aliphatic rings. The third-order valence-corrected chi connectivity index (χ3v) is 3.32. The lowest BCUT2D eigenvalue weighted by Gasteiger charge is -2.22. The van der Waals surface area contributed by atoms with Gasteiger partial charge in [0.1, 0.15) is 0 Å². The third-order valence-electron chi connectivity index (χ3n) is 2.77. The van der Waals surface area contributed by atoms with Crippen LogP contribution in [0.2, 0.25) is 0 Å². The molecule has 0 atom stereocenters. The summed E-state index contributed by atoms with van der Waals surface area (Å²) in [4.78, 5) is 0.584. The van der Waals surface area contributed by atoms with Crippen molar-refractivity contribution in [3.8, 4) is 0 Å². The molecule has 0 amide bonds. The van der Waals surface area contributed by atoms with Crippen molar-refractivity contribution in [1.29, 1.82) is 0 Å². The number of hydrogen-bond donors (Lipinski definition) is 1. The van der Waals surface area contributed by atoms with Crippen LogP contribution in [0.15, 0.2) is 0 Å². The van der Waals surface area contributed by atoms with E-state index in [-0.39, 0.29) is 5.41 Å². The summed E-state index contributed by atoms with van der Waals surface area (Å²) < 4.78 is 10.9. The van der Waals surface area contributed by atoms with Crippen molar-refractivity contribution in [2.75, 3.05) is 26.4 Å². The molecule has 2 N–H and O–H groups in total. The SMILES string of the molecule is CCCCOCCOCCCC(C)(C)C(N)=S. The highest BCUT2D eigenvalue weighted by Gasteiger charge is 2.20. The van der Waals surface area contributed by atoms with Gasteiger partial charge in [-0.15, -0.1) is 0 Å². The van der Waals surface area contributed by atoms with Crippen LogP contribution in [0.25, 0.3) is 0 Å². The van der Waals surface area contributed by atoms with Crippen molar-refractivity contribution < 1.29 is 9.47 Å². The Labute approximate surface area is 111 Å². The molecule has 0 aromatic carbocycles. The Kier molecular flexibility index (Phi) is 9.69. The molecule has 0 aliphatic heterocycles. The lowest BCUT2D eigenvalue weighted by Crippen LogP contribution is -2.29. The van der Waals surface area contributed by atoms with E-state index < -0.39 is 0 Å². The fourth-order valence-corrected chi connectivity index (χ4v) is 1.41. The summed E-state index contributed by atoms with van der Waals surface area (Å²) in [7, 11) is 0. The third kappa shape index (κ3) is 9.51. The summed E-state index contributed by atoms with van der Waals surface area (Å²) in [5.74, 6) is 0. The molecule has 0 unspecified atom stereocenters. The lowest BCUT2D eigenvalue weighted by atomic mass is 9.88. The van der Waals surface area contributed by atoms with E-state index in [1.54, 1.807) is 0 Å². The number of nitrogens with two attached hydrogens (primary N) is 1. The summed E-state index contributed by atoms with van der Waals surface area (Å²) in [6.45, 7) is 9.27. The van der Waals surface area contributed by atoms with Crippen molar-refractivity contribution in [2.24, 2.45) is 11.1 Å². The van der Waals surface area contributed by atoms with Gasteiger partial charge < -0.3 is 15.2 Å². The summed E-state index contributed by atoms with van der Waals surface area (Å²) in [5.41, 5.74) is 5.59. The zero-order valence-corrected chi connectivity index (χ0v) is 12.3. The molecule has 0 radical (unpaired) electrons. The zero-order valence-electron chi connectivity index (χ0n) is 11.5. The molecule has 0 rings (SSSR count). The maximum Gasteiger partial charge on any atom is 0.0784 e. The number of unbranched alkanes of at least 4 members (excludes halogenated alkanes) is 1. The van der Waals surface area contributed by atoms with Crippen molar-refractivity contribution in [3.63, 3.8) is 0 Å². The van der Waals surface area contributed by atoms with E-state index in [0.29, 0.717) is 18.2 Å². The van der Waals surface area contributed by atoms with Crippen molar-refractivity contribution in [1.82, 2.24) is 0 Å². The van der Waals surface area contributed by atoms with E-state index >= 15 is 0 Å². The molecular weight excluding hydrogens is 234 g/mol. The Hall–Kier alpha value is -0.190. The Balaban J connectivity index is 3.27. The van der Waals surface area contributed by atoms with E-state index in [2.05, 4.69) is 20.8 Å². The monoisotopic (exact) mass is 261 g/mol. The highest BCUT2D eigenvalue weighted by molar-refractivity contribution is 7.80.